The first-order valence-corrected chi connectivity index (χ1v) is 6.83. The van der Waals surface area contributed by atoms with E-state index in [0.29, 0.717) is 4.88 Å². The van der Waals surface area contributed by atoms with Gasteiger partial charge in [-0.2, -0.15) is 0 Å². The summed E-state index contributed by atoms with van der Waals surface area (Å²) in [5.74, 6) is 4.97. The third-order valence-electron chi connectivity index (χ3n) is 2.89. The first-order chi connectivity index (χ1) is 8.26. The normalized spacial score (nSPS) is 15.3. The molecule has 5 nitrogen and oxygen atoms in total. The minimum Gasteiger partial charge on any atom is -0.348 e. The van der Waals surface area contributed by atoms with Crippen molar-refractivity contribution in [2.75, 3.05) is 18.0 Å². The smallest absolute Gasteiger partial charge is 0.277 e. The molecule has 0 unspecified atom stereocenters. The maximum Gasteiger partial charge on any atom is 0.277 e. The van der Waals surface area contributed by atoms with Crippen molar-refractivity contribution in [2.45, 2.75) is 32.6 Å². The number of hydrazine groups is 1. The first-order valence-electron chi connectivity index (χ1n) is 6.01. The van der Waals surface area contributed by atoms with E-state index in [-0.39, 0.29) is 5.91 Å². The molecule has 1 aliphatic rings. The number of aryl methyl sites for hydroxylation is 1. The van der Waals surface area contributed by atoms with E-state index in [2.05, 4.69) is 22.2 Å². The van der Waals surface area contributed by atoms with Crippen LogP contribution in [0.4, 0.5) is 5.13 Å². The maximum absolute atomic E-state index is 11.7. The van der Waals surface area contributed by atoms with E-state index >= 15 is 0 Å². The number of amides is 1. The Labute approximate surface area is 105 Å². The van der Waals surface area contributed by atoms with E-state index in [0.717, 1.165) is 36.8 Å². The fraction of sp³-hybridized carbons (Fsp3) is 0.636. The Morgan fingerprint density at radius 1 is 1.53 bits per heavy atom. The van der Waals surface area contributed by atoms with Crippen LogP contribution in [0.5, 0.6) is 0 Å². The van der Waals surface area contributed by atoms with Gasteiger partial charge in [0.1, 0.15) is 4.88 Å². The molecule has 0 aliphatic carbocycles. The van der Waals surface area contributed by atoms with E-state index in [1.165, 1.54) is 24.2 Å². The number of rotatable bonds is 4. The molecule has 94 valence electrons. The van der Waals surface area contributed by atoms with E-state index in [1.807, 2.05) is 0 Å². The van der Waals surface area contributed by atoms with Crippen molar-refractivity contribution in [3.05, 3.63) is 10.6 Å². The van der Waals surface area contributed by atoms with Crippen molar-refractivity contribution >= 4 is 22.4 Å². The summed E-state index contributed by atoms with van der Waals surface area (Å²) in [5, 5.41) is 0.963. The Kier molecular flexibility index (Phi) is 3.96. The van der Waals surface area contributed by atoms with Gasteiger partial charge >= 0.3 is 0 Å². The lowest BCUT2D eigenvalue weighted by Crippen LogP contribution is -2.30. The van der Waals surface area contributed by atoms with Crippen LogP contribution < -0.4 is 16.2 Å². The molecular formula is C11H18N4OS. The number of carbonyl (C=O) groups excluding carboxylic acids is 1. The Bertz CT molecular complexity index is 398. The minimum absolute atomic E-state index is 0.226. The Morgan fingerprint density at radius 3 is 2.82 bits per heavy atom. The number of hydrogen-bond donors (Lipinski definition) is 2. The largest absolute Gasteiger partial charge is 0.348 e. The predicted octanol–water partition coefficient (Wildman–Crippen LogP) is 1.30. The zero-order valence-electron chi connectivity index (χ0n) is 10.0. The number of nitrogens with zero attached hydrogens (tertiary/aromatic N) is 2. The van der Waals surface area contributed by atoms with Crippen molar-refractivity contribution in [1.82, 2.24) is 10.4 Å². The Hall–Kier alpha value is -1.14. The van der Waals surface area contributed by atoms with Gasteiger partial charge in [-0.3, -0.25) is 10.2 Å². The molecule has 0 spiro atoms. The quantitative estimate of drug-likeness (QED) is 0.482. The van der Waals surface area contributed by atoms with Gasteiger partial charge in [0.25, 0.3) is 5.91 Å². The van der Waals surface area contributed by atoms with Gasteiger partial charge in [0.15, 0.2) is 5.13 Å². The number of nitrogen functional groups attached to an aromatic ring is 1. The van der Waals surface area contributed by atoms with Crippen LogP contribution in [0.1, 0.15) is 41.6 Å². The fourth-order valence-corrected chi connectivity index (χ4v) is 3.10. The van der Waals surface area contributed by atoms with Crippen LogP contribution in [0.3, 0.4) is 0 Å². The van der Waals surface area contributed by atoms with Gasteiger partial charge in [0, 0.05) is 13.1 Å². The summed E-state index contributed by atoms with van der Waals surface area (Å²) in [6, 6.07) is 0. The van der Waals surface area contributed by atoms with Crippen LogP contribution in [0.25, 0.3) is 0 Å². The van der Waals surface area contributed by atoms with Crippen molar-refractivity contribution in [3.8, 4) is 0 Å². The van der Waals surface area contributed by atoms with Gasteiger partial charge in [-0.25, -0.2) is 10.8 Å². The lowest BCUT2D eigenvalue weighted by atomic mass is 10.2. The zero-order valence-corrected chi connectivity index (χ0v) is 10.8. The number of nitrogens with two attached hydrogens (primary N) is 1. The third kappa shape index (κ3) is 2.58. The van der Waals surface area contributed by atoms with Crippen LogP contribution >= 0.6 is 11.3 Å². The summed E-state index contributed by atoms with van der Waals surface area (Å²) in [5.41, 5.74) is 3.07. The second-order valence-corrected chi connectivity index (χ2v) is 5.17. The van der Waals surface area contributed by atoms with E-state index in [9.17, 15) is 4.79 Å². The highest BCUT2D eigenvalue weighted by Crippen LogP contribution is 2.29. The fourth-order valence-electron chi connectivity index (χ4n) is 2.03. The van der Waals surface area contributed by atoms with Gasteiger partial charge in [-0.05, 0) is 19.3 Å². The molecule has 2 rings (SSSR count). The van der Waals surface area contributed by atoms with Gasteiger partial charge in [-0.1, -0.05) is 24.7 Å². The summed E-state index contributed by atoms with van der Waals surface area (Å²) >= 11 is 1.45. The van der Waals surface area contributed by atoms with Crippen LogP contribution in [0.15, 0.2) is 0 Å². The van der Waals surface area contributed by atoms with Crippen LogP contribution in [-0.2, 0) is 6.42 Å². The Balaban J connectivity index is 2.26. The molecule has 0 saturated carbocycles. The van der Waals surface area contributed by atoms with E-state index in [1.54, 1.807) is 0 Å². The van der Waals surface area contributed by atoms with E-state index < -0.39 is 0 Å². The number of thiazole rings is 1. The van der Waals surface area contributed by atoms with Crippen molar-refractivity contribution < 1.29 is 4.79 Å². The SMILES string of the molecule is CCCc1nc(N2CCCC2)sc1C(=O)NN. The standard InChI is InChI=1S/C11H18N4OS/c1-2-5-8-9(10(16)14-12)17-11(13-8)15-6-3-4-7-15/h2-7,12H2,1H3,(H,14,16). The second-order valence-electron chi connectivity index (χ2n) is 4.19. The van der Waals surface area contributed by atoms with E-state index in [4.69, 9.17) is 5.84 Å². The van der Waals surface area contributed by atoms with Crippen LogP contribution in [-0.4, -0.2) is 24.0 Å². The topological polar surface area (TPSA) is 71.2 Å². The molecule has 0 radical (unpaired) electrons. The lowest BCUT2D eigenvalue weighted by Gasteiger charge is -2.12. The molecule has 1 aromatic rings. The molecule has 1 amide bonds. The summed E-state index contributed by atoms with van der Waals surface area (Å²) in [4.78, 5) is 19.1. The van der Waals surface area contributed by atoms with Gasteiger partial charge in [0.2, 0.25) is 0 Å². The highest BCUT2D eigenvalue weighted by atomic mass is 32.1. The second kappa shape index (κ2) is 5.46. The van der Waals surface area contributed by atoms with Crippen molar-refractivity contribution in [1.29, 1.82) is 0 Å². The average Bonchev–Trinajstić information content (AvgIpc) is 2.96. The summed E-state index contributed by atoms with van der Waals surface area (Å²) in [6.07, 6.45) is 4.23. The molecule has 2 heterocycles. The highest BCUT2D eigenvalue weighted by Gasteiger charge is 2.21. The Morgan fingerprint density at radius 2 is 2.24 bits per heavy atom. The number of hydrogen-bond acceptors (Lipinski definition) is 5. The molecule has 0 atom stereocenters. The molecule has 3 N–H and O–H groups in total. The molecule has 1 fully saturated rings. The number of aromatic nitrogens is 1. The monoisotopic (exact) mass is 254 g/mol. The van der Waals surface area contributed by atoms with Gasteiger partial charge in [-0.15, -0.1) is 0 Å². The first kappa shape index (κ1) is 12.3. The number of carbonyl (C=O) groups is 1. The molecule has 1 saturated heterocycles. The van der Waals surface area contributed by atoms with Gasteiger partial charge in [0.05, 0.1) is 5.69 Å². The third-order valence-corrected chi connectivity index (χ3v) is 4.04. The maximum atomic E-state index is 11.7. The molecule has 1 aromatic heterocycles. The van der Waals surface area contributed by atoms with Crippen LogP contribution in [0.2, 0.25) is 0 Å². The summed E-state index contributed by atoms with van der Waals surface area (Å²) in [7, 11) is 0. The molecule has 6 heteroatoms. The van der Waals surface area contributed by atoms with Crippen LogP contribution in [0, 0.1) is 0 Å². The summed E-state index contributed by atoms with van der Waals surface area (Å²) in [6.45, 7) is 4.17. The van der Waals surface area contributed by atoms with Crippen molar-refractivity contribution in [2.24, 2.45) is 5.84 Å². The zero-order chi connectivity index (χ0) is 12.3. The molecule has 17 heavy (non-hydrogen) atoms. The molecular weight excluding hydrogens is 236 g/mol. The van der Waals surface area contributed by atoms with Gasteiger partial charge < -0.3 is 4.90 Å². The minimum atomic E-state index is -0.226. The molecule has 0 bridgehead atoms. The van der Waals surface area contributed by atoms with Crippen molar-refractivity contribution in [3.63, 3.8) is 0 Å². The molecule has 0 aromatic carbocycles. The molecule has 1 aliphatic heterocycles. The highest BCUT2D eigenvalue weighted by molar-refractivity contribution is 7.17. The summed E-state index contributed by atoms with van der Waals surface area (Å²) < 4.78 is 0. The average molecular weight is 254 g/mol. The predicted molar refractivity (Wildman–Crippen MR) is 69.2 cm³/mol. The number of nitrogens with one attached hydrogen (secondary N) is 1. The number of anilines is 1. The lowest BCUT2D eigenvalue weighted by molar-refractivity contribution is 0.0956.